The van der Waals surface area contributed by atoms with E-state index in [9.17, 15) is 0 Å². The molecular weight excluding hydrogens is 653 g/mol. The van der Waals surface area contributed by atoms with Crippen molar-refractivity contribution in [3.63, 3.8) is 0 Å². The number of nitrogens with zero attached hydrogens (tertiary/aromatic N) is 2. The molecule has 2 unspecified atom stereocenters. The van der Waals surface area contributed by atoms with Gasteiger partial charge in [-0.25, -0.2) is 0 Å². The summed E-state index contributed by atoms with van der Waals surface area (Å²) in [6, 6.07) is 48.2. The monoisotopic (exact) mass is 702 g/mol. The van der Waals surface area contributed by atoms with Gasteiger partial charge in [-0.05, 0) is 156 Å². The molecule has 0 amide bonds. The van der Waals surface area contributed by atoms with Crippen LogP contribution < -0.4 is 9.80 Å². The van der Waals surface area contributed by atoms with Crippen LogP contribution in [-0.2, 0) is 10.8 Å². The first kappa shape index (κ1) is 34.2. The summed E-state index contributed by atoms with van der Waals surface area (Å²) in [6.07, 6.45) is 5.07. The molecule has 6 aromatic rings. The Balaban J connectivity index is 1.23. The largest absolute Gasteiger partial charge is 0.311 e. The number of allylic oxidation sites excluding steroid dienone is 3. The Bertz CT molecular complexity index is 2390. The van der Waals surface area contributed by atoms with Gasteiger partial charge in [0.1, 0.15) is 0 Å². The predicted molar refractivity (Wildman–Crippen MR) is 229 cm³/mol. The molecule has 0 heterocycles. The van der Waals surface area contributed by atoms with Crippen molar-refractivity contribution in [3.8, 4) is 11.1 Å². The van der Waals surface area contributed by atoms with Crippen molar-refractivity contribution in [2.75, 3.05) is 9.80 Å². The molecule has 0 saturated carbocycles. The highest BCUT2D eigenvalue weighted by Crippen LogP contribution is 2.65. The summed E-state index contributed by atoms with van der Waals surface area (Å²) in [5.41, 5.74) is 21.5. The lowest BCUT2D eigenvalue weighted by Crippen LogP contribution is -2.31. The summed E-state index contributed by atoms with van der Waals surface area (Å²) in [5.74, 6) is 0.647. The third kappa shape index (κ3) is 4.99. The van der Waals surface area contributed by atoms with Gasteiger partial charge in [0.05, 0.1) is 0 Å². The van der Waals surface area contributed by atoms with E-state index in [-0.39, 0.29) is 10.8 Å². The summed E-state index contributed by atoms with van der Waals surface area (Å²) >= 11 is 0. The molecule has 0 saturated heterocycles. The maximum atomic E-state index is 2.61. The number of fused-ring (bicyclic) bond motifs is 7. The summed E-state index contributed by atoms with van der Waals surface area (Å²) < 4.78 is 0. The van der Waals surface area contributed by atoms with Crippen LogP contribution in [0.2, 0.25) is 0 Å². The molecule has 2 atom stereocenters. The van der Waals surface area contributed by atoms with E-state index in [0.717, 1.165) is 0 Å². The zero-order valence-electron chi connectivity index (χ0n) is 32.9. The van der Waals surface area contributed by atoms with E-state index in [0.29, 0.717) is 11.8 Å². The van der Waals surface area contributed by atoms with E-state index < -0.39 is 0 Å². The zero-order valence-corrected chi connectivity index (χ0v) is 32.9. The lowest BCUT2D eigenvalue weighted by molar-refractivity contribution is 0.380. The van der Waals surface area contributed by atoms with Crippen LogP contribution >= 0.6 is 0 Å². The van der Waals surface area contributed by atoms with E-state index in [2.05, 4.69) is 211 Å². The molecule has 0 bridgehead atoms. The molecular formula is C52H50N2. The molecule has 268 valence electrons. The molecule has 9 rings (SSSR count). The van der Waals surface area contributed by atoms with Gasteiger partial charge in [0.25, 0.3) is 0 Å². The smallest absolute Gasteiger partial charge is 0.0467 e. The second-order valence-corrected chi connectivity index (χ2v) is 16.8. The Labute approximate surface area is 322 Å². The minimum absolute atomic E-state index is 0.0987. The van der Waals surface area contributed by atoms with Crippen molar-refractivity contribution >= 4 is 28.4 Å². The average molecular weight is 703 g/mol. The van der Waals surface area contributed by atoms with E-state index in [4.69, 9.17) is 0 Å². The first-order valence-electron chi connectivity index (χ1n) is 19.5. The Morgan fingerprint density at radius 3 is 1.48 bits per heavy atom. The van der Waals surface area contributed by atoms with Crippen LogP contribution in [0.1, 0.15) is 79.5 Å². The summed E-state index contributed by atoms with van der Waals surface area (Å²) in [7, 11) is 0. The lowest BCUT2D eigenvalue weighted by atomic mass is 9.69. The normalized spacial score (nSPS) is 18.5. The summed E-state index contributed by atoms with van der Waals surface area (Å²) in [5, 5.41) is 0. The van der Waals surface area contributed by atoms with Crippen LogP contribution in [0.25, 0.3) is 11.1 Å². The van der Waals surface area contributed by atoms with Crippen molar-refractivity contribution < 1.29 is 0 Å². The predicted octanol–water partition coefficient (Wildman–Crippen LogP) is 14.1. The number of hydrogen-bond donors (Lipinski definition) is 0. The molecule has 0 radical (unpaired) electrons. The molecule has 6 aromatic carbocycles. The van der Waals surface area contributed by atoms with Gasteiger partial charge in [-0.3, -0.25) is 0 Å². The van der Waals surface area contributed by atoms with Crippen LogP contribution in [-0.4, -0.2) is 0 Å². The minimum Gasteiger partial charge on any atom is -0.311 e. The number of hydrogen-bond acceptors (Lipinski definition) is 2. The Hall–Kier alpha value is -5.60. The van der Waals surface area contributed by atoms with Gasteiger partial charge in [0, 0.05) is 45.5 Å². The maximum Gasteiger partial charge on any atom is 0.0467 e. The fourth-order valence-corrected chi connectivity index (χ4v) is 10.4. The fraction of sp³-hybridized carbons (Fsp3) is 0.231. The van der Waals surface area contributed by atoms with Crippen LogP contribution in [0, 0.1) is 26.7 Å². The second-order valence-electron chi connectivity index (χ2n) is 16.8. The van der Waals surface area contributed by atoms with Gasteiger partial charge in [0.2, 0.25) is 0 Å². The lowest BCUT2D eigenvalue weighted by Gasteiger charge is -2.37. The number of benzene rings is 6. The molecule has 3 aliphatic carbocycles. The Morgan fingerprint density at radius 2 is 0.981 bits per heavy atom. The highest BCUT2D eigenvalue weighted by Gasteiger charge is 2.54. The summed E-state index contributed by atoms with van der Waals surface area (Å²) in [6.45, 7) is 19.5. The molecule has 3 aliphatic rings. The van der Waals surface area contributed by atoms with Crippen LogP contribution in [0.5, 0.6) is 0 Å². The van der Waals surface area contributed by atoms with E-state index in [1.165, 1.54) is 78.7 Å². The molecule has 54 heavy (non-hydrogen) atoms. The summed E-state index contributed by atoms with van der Waals surface area (Å²) in [4.78, 5) is 4.86. The molecule has 0 fully saturated rings. The van der Waals surface area contributed by atoms with Gasteiger partial charge >= 0.3 is 0 Å². The number of para-hydroxylation sites is 4. The molecule has 0 aliphatic heterocycles. The zero-order chi connectivity index (χ0) is 37.5. The van der Waals surface area contributed by atoms with Crippen LogP contribution in [0.15, 0.2) is 157 Å². The molecule has 2 heteroatoms. The Kier molecular flexibility index (Phi) is 7.91. The fourth-order valence-electron chi connectivity index (χ4n) is 10.4. The second kappa shape index (κ2) is 12.5. The van der Waals surface area contributed by atoms with Crippen molar-refractivity contribution in [2.24, 2.45) is 5.92 Å². The molecule has 0 N–H and O–H groups in total. The van der Waals surface area contributed by atoms with Crippen LogP contribution in [0.4, 0.5) is 28.4 Å². The SMILES string of the molecule is CC1=CC(N(c2ccccc2)c2ccccc2)=CC2C1c1c(C)c(C)c3c(c1C2(C)C)C(C)(C)c1cc(N(c2ccccc2)c2ccccc2)cc(C)c1-3. The number of rotatable bonds is 6. The highest BCUT2D eigenvalue weighted by atomic mass is 15.2. The van der Waals surface area contributed by atoms with Gasteiger partial charge < -0.3 is 9.80 Å². The average Bonchev–Trinajstić information content (AvgIpc) is 3.56. The molecule has 2 nitrogen and oxygen atoms in total. The standard InChI is InChI=1S/C52H50N2/c1-33-29-41(53(37-21-13-9-14-22-37)38-23-15-10-16-24-38)31-43-45(33)47-35(3)36(4)48-46-34(2)30-42(32-44(46)52(7,8)50(48)49(47)51(43,5)6)54(39-25-17-11-18-26-39)40-27-19-12-20-28-40/h9-32,43,45H,1-8H3. The van der Waals surface area contributed by atoms with Gasteiger partial charge in [-0.2, -0.15) is 0 Å². The van der Waals surface area contributed by atoms with Gasteiger partial charge in [-0.15, -0.1) is 0 Å². The quantitative estimate of drug-likeness (QED) is 0.170. The van der Waals surface area contributed by atoms with E-state index in [1.54, 1.807) is 11.1 Å². The third-order valence-electron chi connectivity index (χ3n) is 12.9. The van der Waals surface area contributed by atoms with Gasteiger partial charge in [0.15, 0.2) is 0 Å². The number of anilines is 5. The van der Waals surface area contributed by atoms with Crippen molar-refractivity contribution in [3.05, 3.63) is 196 Å². The van der Waals surface area contributed by atoms with Crippen molar-refractivity contribution in [1.82, 2.24) is 0 Å². The minimum atomic E-state index is -0.192. The topological polar surface area (TPSA) is 6.48 Å². The molecule has 0 aromatic heterocycles. The Morgan fingerprint density at radius 1 is 0.500 bits per heavy atom. The first-order valence-corrected chi connectivity index (χ1v) is 19.5. The third-order valence-corrected chi connectivity index (χ3v) is 12.9. The number of aryl methyl sites for hydroxylation is 1. The van der Waals surface area contributed by atoms with Crippen LogP contribution in [0.3, 0.4) is 0 Å². The highest BCUT2D eigenvalue weighted by molar-refractivity contribution is 5.92. The first-order chi connectivity index (χ1) is 26.0. The van der Waals surface area contributed by atoms with E-state index in [1.807, 2.05) is 0 Å². The van der Waals surface area contributed by atoms with Gasteiger partial charge in [-0.1, -0.05) is 112 Å². The van der Waals surface area contributed by atoms with E-state index >= 15 is 0 Å². The maximum absolute atomic E-state index is 2.61. The van der Waals surface area contributed by atoms with Crippen molar-refractivity contribution in [1.29, 1.82) is 0 Å². The van der Waals surface area contributed by atoms with Crippen molar-refractivity contribution in [2.45, 2.75) is 72.1 Å². The molecule has 0 spiro atoms.